The van der Waals surface area contributed by atoms with Crippen molar-refractivity contribution in [3.8, 4) is 5.69 Å². The maximum Gasteiger partial charge on any atom is 0.245 e. The number of benzene rings is 2. The van der Waals surface area contributed by atoms with Crippen LogP contribution >= 0.6 is 11.7 Å². The van der Waals surface area contributed by atoms with Gasteiger partial charge in [0.05, 0.1) is 17.4 Å². The number of sulfonamides is 1. The van der Waals surface area contributed by atoms with Crippen molar-refractivity contribution in [2.24, 2.45) is 0 Å². The summed E-state index contributed by atoms with van der Waals surface area (Å²) in [5, 5.41) is 4.24. The zero-order valence-corrected chi connectivity index (χ0v) is 17.8. The predicted molar refractivity (Wildman–Crippen MR) is 115 cm³/mol. The van der Waals surface area contributed by atoms with E-state index in [4.69, 9.17) is 0 Å². The van der Waals surface area contributed by atoms with E-state index >= 15 is 0 Å². The van der Waals surface area contributed by atoms with Crippen molar-refractivity contribution < 1.29 is 8.42 Å². The summed E-state index contributed by atoms with van der Waals surface area (Å²) in [6.45, 7) is 3.08. The van der Waals surface area contributed by atoms with Crippen LogP contribution in [0.25, 0.3) is 16.7 Å². The highest BCUT2D eigenvalue weighted by atomic mass is 32.2. The summed E-state index contributed by atoms with van der Waals surface area (Å²) in [4.78, 5) is 2.52. The Morgan fingerprint density at radius 1 is 0.933 bits per heavy atom. The van der Waals surface area contributed by atoms with Crippen LogP contribution in [0.3, 0.4) is 0 Å². The molecule has 0 amide bonds. The average molecular weight is 441 g/mol. The first-order valence-electron chi connectivity index (χ1n) is 9.64. The second kappa shape index (κ2) is 7.88. The number of aromatic nitrogens is 4. The predicted octanol–water partition coefficient (Wildman–Crippen LogP) is 2.38. The third-order valence-electron chi connectivity index (χ3n) is 5.31. The highest BCUT2D eigenvalue weighted by molar-refractivity contribution is 7.89. The largest absolute Gasteiger partial charge is 0.296 e. The van der Waals surface area contributed by atoms with Crippen LogP contribution in [-0.4, -0.2) is 62.3 Å². The van der Waals surface area contributed by atoms with Crippen LogP contribution in [0.4, 0.5) is 0 Å². The number of nitrogens with zero attached hydrogens (tertiary/aromatic N) is 6. The van der Waals surface area contributed by atoms with E-state index in [0.29, 0.717) is 37.2 Å². The number of fused-ring (bicyclic) bond motifs is 1. The molecule has 0 N–H and O–H groups in total. The van der Waals surface area contributed by atoms with Gasteiger partial charge < -0.3 is 0 Å². The molecule has 1 fully saturated rings. The molecule has 4 aromatic rings. The molecule has 30 heavy (non-hydrogen) atoms. The summed E-state index contributed by atoms with van der Waals surface area (Å²) in [6, 6.07) is 15.3. The number of hydrogen-bond acceptors (Lipinski definition) is 7. The number of rotatable bonds is 5. The molecule has 1 aliphatic rings. The summed E-state index contributed by atoms with van der Waals surface area (Å²) < 4.78 is 38.0. The minimum Gasteiger partial charge on any atom is -0.296 e. The van der Waals surface area contributed by atoms with Gasteiger partial charge in [0.1, 0.15) is 15.9 Å². The average Bonchev–Trinajstić information content (AvgIpc) is 3.46. The van der Waals surface area contributed by atoms with Crippen LogP contribution < -0.4 is 0 Å². The Morgan fingerprint density at radius 3 is 2.47 bits per heavy atom. The van der Waals surface area contributed by atoms with Gasteiger partial charge in [-0.25, -0.2) is 13.1 Å². The molecule has 1 aliphatic heterocycles. The molecule has 0 aliphatic carbocycles. The van der Waals surface area contributed by atoms with Crippen LogP contribution in [0, 0.1) is 0 Å². The molecule has 0 radical (unpaired) electrons. The van der Waals surface area contributed by atoms with Gasteiger partial charge in [-0.3, -0.25) is 4.90 Å². The summed E-state index contributed by atoms with van der Waals surface area (Å²) >= 11 is 1.03. The van der Waals surface area contributed by atoms with Gasteiger partial charge in [0.15, 0.2) is 0 Å². The van der Waals surface area contributed by atoms with Crippen molar-refractivity contribution in [1.82, 2.24) is 27.7 Å². The van der Waals surface area contributed by atoms with Crippen molar-refractivity contribution >= 4 is 32.8 Å². The van der Waals surface area contributed by atoms with Crippen LogP contribution in [0.15, 0.2) is 65.8 Å². The van der Waals surface area contributed by atoms with E-state index in [1.54, 1.807) is 28.7 Å². The van der Waals surface area contributed by atoms with Gasteiger partial charge in [-0.15, -0.1) is 0 Å². The van der Waals surface area contributed by atoms with Crippen LogP contribution in [0.5, 0.6) is 0 Å². The van der Waals surface area contributed by atoms with E-state index in [0.717, 1.165) is 24.0 Å². The van der Waals surface area contributed by atoms with Crippen molar-refractivity contribution in [3.63, 3.8) is 0 Å². The molecule has 10 heteroatoms. The minimum absolute atomic E-state index is 0.247. The van der Waals surface area contributed by atoms with Gasteiger partial charge in [0.2, 0.25) is 10.0 Å². The Kier molecular flexibility index (Phi) is 5.07. The summed E-state index contributed by atoms with van der Waals surface area (Å²) in [5.41, 5.74) is 3.30. The van der Waals surface area contributed by atoms with Gasteiger partial charge in [-0.1, -0.05) is 18.2 Å². The lowest BCUT2D eigenvalue weighted by Gasteiger charge is -2.34. The van der Waals surface area contributed by atoms with E-state index in [9.17, 15) is 8.42 Å². The highest BCUT2D eigenvalue weighted by Gasteiger charge is 2.30. The Bertz CT molecular complexity index is 1240. The Hall–Kier alpha value is -2.66. The number of hydrogen-bond donors (Lipinski definition) is 0. The van der Waals surface area contributed by atoms with Crippen molar-refractivity contribution in [1.29, 1.82) is 0 Å². The minimum atomic E-state index is -3.58. The molecule has 5 rings (SSSR count). The Labute approximate surface area is 178 Å². The molecule has 0 bridgehead atoms. The SMILES string of the molecule is O=S(=O)(c1cccc2nsnc12)N1CCN(Cc2ccc(-n3cccn3)cc2)CC1. The molecule has 2 aromatic carbocycles. The standard InChI is InChI=1S/C20H20N6O2S2/c27-30(28,19-4-1-3-18-20(19)23-29-22-18)25-13-11-24(12-14-25)15-16-5-7-17(8-6-16)26-10-2-9-21-26/h1-10H,11-15H2. The van der Waals surface area contributed by atoms with Crippen LogP contribution in [-0.2, 0) is 16.6 Å². The van der Waals surface area contributed by atoms with Crippen molar-refractivity contribution in [2.75, 3.05) is 26.2 Å². The number of piperazine rings is 1. The molecule has 1 saturated heterocycles. The summed E-state index contributed by atoms with van der Waals surface area (Å²) in [5.74, 6) is 0. The first-order valence-corrected chi connectivity index (χ1v) is 11.8. The molecule has 0 spiro atoms. The fourth-order valence-corrected chi connectivity index (χ4v) is 5.87. The molecule has 0 unspecified atom stereocenters. The maximum atomic E-state index is 13.2. The summed E-state index contributed by atoms with van der Waals surface area (Å²) in [7, 11) is -3.58. The summed E-state index contributed by atoms with van der Waals surface area (Å²) in [6.07, 6.45) is 3.67. The smallest absolute Gasteiger partial charge is 0.245 e. The third kappa shape index (κ3) is 3.63. The van der Waals surface area contributed by atoms with Crippen LogP contribution in [0.1, 0.15) is 5.56 Å². The van der Waals surface area contributed by atoms with Gasteiger partial charge in [-0.2, -0.15) is 18.2 Å². The third-order valence-corrected chi connectivity index (χ3v) is 7.78. The quantitative estimate of drug-likeness (QED) is 0.474. The van der Waals surface area contributed by atoms with E-state index in [1.807, 2.05) is 29.1 Å². The highest BCUT2D eigenvalue weighted by Crippen LogP contribution is 2.25. The van der Waals surface area contributed by atoms with Crippen molar-refractivity contribution in [3.05, 3.63) is 66.5 Å². The maximum absolute atomic E-state index is 13.2. The van der Waals surface area contributed by atoms with E-state index in [2.05, 4.69) is 30.9 Å². The topological polar surface area (TPSA) is 84.2 Å². The Morgan fingerprint density at radius 2 is 1.73 bits per heavy atom. The molecular weight excluding hydrogens is 420 g/mol. The molecule has 8 nitrogen and oxygen atoms in total. The Balaban J connectivity index is 1.24. The fraction of sp³-hybridized carbons (Fsp3) is 0.250. The monoisotopic (exact) mass is 440 g/mol. The molecule has 0 saturated carbocycles. The van der Waals surface area contributed by atoms with Gasteiger partial charge >= 0.3 is 0 Å². The first kappa shape index (κ1) is 19.3. The van der Waals surface area contributed by atoms with Gasteiger partial charge in [-0.05, 0) is 35.9 Å². The lowest BCUT2D eigenvalue weighted by Crippen LogP contribution is -2.48. The van der Waals surface area contributed by atoms with Gasteiger partial charge in [0.25, 0.3) is 0 Å². The van der Waals surface area contributed by atoms with Crippen molar-refractivity contribution in [2.45, 2.75) is 11.4 Å². The van der Waals surface area contributed by atoms with E-state index < -0.39 is 10.0 Å². The first-order chi connectivity index (χ1) is 14.6. The molecule has 3 heterocycles. The zero-order chi connectivity index (χ0) is 20.6. The molecule has 2 aromatic heterocycles. The second-order valence-corrected chi connectivity index (χ2v) is 9.62. The molecular formula is C20H20N6O2S2. The van der Waals surface area contributed by atoms with Crippen LogP contribution in [0.2, 0.25) is 0 Å². The zero-order valence-electron chi connectivity index (χ0n) is 16.1. The van der Waals surface area contributed by atoms with E-state index in [-0.39, 0.29) is 4.90 Å². The lowest BCUT2D eigenvalue weighted by atomic mass is 10.2. The second-order valence-electron chi connectivity index (χ2n) is 7.19. The van der Waals surface area contributed by atoms with Gasteiger partial charge in [0, 0.05) is 45.1 Å². The lowest BCUT2D eigenvalue weighted by molar-refractivity contribution is 0.181. The van der Waals surface area contributed by atoms with E-state index in [1.165, 1.54) is 5.56 Å². The fourth-order valence-electron chi connectivity index (χ4n) is 3.69. The molecule has 154 valence electrons. The normalized spacial score (nSPS) is 16.3. The molecule has 0 atom stereocenters.